The topological polar surface area (TPSA) is 4.93 Å². The van der Waals surface area contributed by atoms with Gasteiger partial charge in [-0.2, -0.15) is 0 Å². The van der Waals surface area contributed by atoms with Crippen molar-refractivity contribution < 1.29 is 0 Å². The largest absolute Gasteiger partial charge is 0.309 e. The number of fused-ring (bicyclic) bond motifs is 12. The molecule has 1 nitrogen and oxygen atoms in total. The van der Waals surface area contributed by atoms with Crippen LogP contribution in [0.1, 0.15) is 49.9 Å². The van der Waals surface area contributed by atoms with E-state index in [9.17, 15) is 0 Å². The highest BCUT2D eigenvalue weighted by atomic mass is 15.0. The molecule has 43 heavy (non-hydrogen) atoms. The van der Waals surface area contributed by atoms with Gasteiger partial charge in [-0.05, 0) is 73.8 Å². The number of hydrogen-bond acceptors (Lipinski definition) is 0. The van der Waals surface area contributed by atoms with Crippen LogP contribution >= 0.6 is 0 Å². The minimum atomic E-state index is -0.156. The molecule has 2 aliphatic rings. The van der Waals surface area contributed by atoms with Gasteiger partial charge in [-0.3, -0.25) is 0 Å². The lowest BCUT2D eigenvalue weighted by Gasteiger charge is -2.27. The molecule has 0 N–H and O–H groups in total. The summed E-state index contributed by atoms with van der Waals surface area (Å²) in [4.78, 5) is 0. The summed E-state index contributed by atoms with van der Waals surface area (Å²) in [6.45, 7) is 9.71. The number of hydrogen-bond donors (Lipinski definition) is 0. The van der Waals surface area contributed by atoms with Crippen LogP contribution in [-0.4, -0.2) is 4.57 Å². The lowest BCUT2D eigenvalue weighted by molar-refractivity contribution is 0.658. The Balaban J connectivity index is 1.48. The van der Waals surface area contributed by atoms with Crippen LogP contribution in [0, 0.1) is 0 Å². The van der Waals surface area contributed by atoms with E-state index in [0.717, 1.165) is 0 Å². The van der Waals surface area contributed by atoms with Gasteiger partial charge in [0, 0.05) is 27.3 Å². The summed E-state index contributed by atoms with van der Waals surface area (Å²) in [5.74, 6) is 0. The molecule has 0 saturated heterocycles. The third-order valence-electron chi connectivity index (χ3n) is 10.3. The van der Waals surface area contributed by atoms with Crippen molar-refractivity contribution in [2.45, 2.75) is 38.5 Å². The molecule has 9 rings (SSSR count). The van der Waals surface area contributed by atoms with Crippen molar-refractivity contribution in [3.63, 3.8) is 0 Å². The molecule has 0 radical (unpaired) electrons. The van der Waals surface area contributed by atoms with E-state index >= 15 is 0 Å². The fraction of sp³-hybridized carbons (Fsp3) is 0.143. The summed E-state index contributed by atoms with van der Waals surface area (Å²) >= 11 is 0. The van der Waals surface area contributed by atoms with Crippen LogP contribution in [0.2, 0.25) is 0 Å². The number of para-hydroxylation sites is 1. The molecule has 0 fully saturated rings. The maximum atomic E-state index is 2.56. The minimum Gasteiger partial charge on any atom is -0.309 e. The monoisotopic (exact) mass is 551 g/mol. The van der Waals surface area contributed by atoms with Gasteiger partial charge in [0.25, 0.3) is 0 Å². The molecule has 6 aromatic carbocycles. The lowest BCUT2D eigenvalue weighted by Crippen LogP contribution is -2.19. The fourth-order valence-corrected chi connectivity index (χ4v) is 8.46. The van der Waals surface area contributed by atoms with Gasteiger partial charge < -0.3 is 4.57 Å². The molecule has 0 aliphatic heterocycles. The van der Waals surface area contributed by atoms with E-state index in [-0.39, 0.29) is 10.8 Å². The number of nitrogens with zero attached hydrogens (tertiary/aromatic N) is 1. The van der Waals surface area contributed by atoms with Gasteiger partial charge in [0.1, 0.15) is 0 Å². The van der Waals surface area contributed by atoms with Crippen molar-refractivity contribution in [1.29, 1.82) is 0 Å². The smallest absolute Gasteiger partial charge is 0.0591 e. The van der Waals surface area contributed by atoms with Gasteiger partial charge in [0.2, 0.25) is 0 Å². The first-order valence-corrected chi connectivity index (χ1v) is 15.4. The van der Waals surface area contributed by atoms with Crippen molar-refractivity contribution in [3.05, 3.63) is 150 Å². The molecule has 0 saturated carbocycles. The highest BCUT2D eigenvalue weighted by molar-refractivity contribution is 6.20. The number of rotatable bonds is 2. The lowest BCUT2D eigenvalue weighted by atomic mass is 9.76. The zero-order valence-corrected chi connectivity index (χ0v) is 25.1. The van der Waals surface area contributed by atoms with Gasteiger partial charge in [0.05, 0.1) is 11.0 Å². The Kier molecular flexibility index (Phi) is 4.80. The summed E-state index contributed by atoms with van der Waals surface area (Å²) < 4.78 is 2.56. The minimum absolute atomic E-state index is 0.132. The Labute approximate surface area is 253 Å². The molecular weight excluding hydrogens is 518 g/mol. The zero-order chi connectivity index (χ0) is 29.1. The summed E-state index contributed by atoms with van der Waals surface area (Å²) in [5, 5.41) is 2.73. The number of benzene rings is 6. The third-order valence-corrected chi connectivity index (χ3v) is 10.3. The number of aromatic nitrogens is 1. The third kappa shape index (κ3) is 3.07. The van der Waals surface area contributed by atoms with Crippen molar-refractivity contribution in [2.24, 2.45) is 0 Å². The summed E-state index contributed by atoms with van der Waals surface area (Å²) in [6, 6.07) is 47.1. The highest BCUT2D eigenvalue weighted by Crippen LogP contribution is 2.63. The van der Waals surface area contributed by atoms with E-state index in [1.54, 1.807) is 0 Å². The molecule has 7 aromatic rings. The second-order valence-corrected chi connectivity index (χ2v) is 13.3. The van der Waals surface area contributed by atoms with Crippen molar-refractivity contribution in [2.75, 3.05) is 0 Å². The highest BCUT2D eigenvalue weighted by Gasteiger charge is 2.47. The predicted molar refractivity (Wildman–Crippen MR) is 181 cm³/mol. The Morgan fingerprint density at radius 3 is 1.65 bits per heavy atom. The molecular formula is C42H33N. The average molecular weight is 552 g/mol. The molecule has 0 atom stereocenters. The van der Waals surface area contributed by atoms with Gasteiger partial charge >= 0.3 is 0 Å². The van der Waals surface area contributed by atoms with Crippen LogP contribution in [0.3, 0.4) is 0 Å². The van der Waals surface area contributed by atoms with E-state index in [2.05, 4.69) is 160 Å². The van der Waals surface area contributed by atoms with Crippen LogP contribution < -0.4 is 0 Å². The Morgan fingerprint density at radius 1 is 0.465 bits per heavy atom. The molecule has 1 heteroatoms. The molecule has 206 valence electrons. The standard InChI is InChI=1S/C42H33N/c1-41(2)32-19-11-8-16-29(32)35-36-30-17-9-12-20-33(30)42(3,4)39(36)40-37(38(35)41)31-18-10-13-21-34(31)43(40)28-24-22-27(23-25-28)26-14-6-5-7-15-26/h5-25H,1-4H3. The van der Waals surface area contributed by atoms with Crippen LogP contribution in [-0.2, 0) is 10.8 Å². The van der Waals surface area contributed by atoms with E-state index in [0.29, 0.717) is 0 Å². The van der Waals surface area contributed by atoms with Crippen LogP contribution in [0.4, 0.5) is 0 Å². The molecule has 0 unspecified atom stereocenters. The maximum Gasteiger partial charge on any atom is 0.0591 e. The van der Waals surface area contributed by atoms with Crippen LogP contribution in [0.15, 0.2) is 127 Å². The van der Waals surface area contributed by atoms with Gasteiger partial charge in [-0.15, -0.1) is 0 Å². The average Bonchev–Trinajstić information content (AvgIpc) is 3.59. The summed E-state index contributed by atoms with van der Waals surface area (Å²) in [5.41, 5.74) is 17.4. The summed E-state index contributed by atoms with van der Waals surface area (Å²) in [6.07, 6.45) is 0. The Morgan fingerprint density at radius 2 is 0.977 bits per heavy atom. The Hall–Kier alpha value is -4.88. The van der Waals surface area contributed by atoms with Crippen LogP contribution in [0.5, 0.6) is 0 Å². The van der Waals surface area contributed by atoms with Crippen molar-refractivity contribution in [3.8, 4) is 39.1 Å². The van der Waals surface area contributed by atoms with Gasteiger partial charge in [0.15, 0.2) is 0 Å². The van der Waals surface area contributed by atoms with E-state index in [4.69, 9.17) is 0 Å². The normalized spacial score (nSPS) is 15.3. The van der Waals surface area contributed by atoms with Crippen LogP contribution in [0.25, 0.3) is 60.9 Å². The molecule has 0 amide bonds. The fourth-order valence-electron chi connectivity index (χ4n) is 8.46. The quantitative estimate of drug-likeness (QED) is 0.201. The molecule has 1 heterocycles. The van der Waals surface area contributed by atoms with E-state index in [1.807, 2.05) is 0 Å². The molecule has 0 spiro atoms. The molecule has 2 aliphatic carbocycles. The van der Waals surface area contributed by atoms with Gasteiger partial charge in [-0.1, -0.05) is 137 Å². The predicted octanol–water partition coefficient (Wildman–Crippen LogP) is 11.1. The Bertz CT molecular complexity index is 2260. The van der Waals surface area contributed by atoms with E-state index < -0.39 is 0 Å². The first-order valence-electron chi connectivity index (χ1n) is 15.4. The second-order valence-electron chi connectivity index (χ2n) is 13.3. The van der Waals surface area contributed by atoms with Crippen molar-refractivity contribution in [1.82, 2.24) is 4.57 Å². The summed E-state index contributed by atoms with van der Waals surface area (Å²) in [7, 11) is 0. The SMILES string of the molecule is CC1(C)c2ccccc2-c2c3c(c4c(c21)c1ccccc1n4-c1ccc(-c2ccccc2)cc1)C(C)(C)c1ccccc1-3. The molecule has 0 bridgehead atoms. The second kappa shape index (κ2) is 8.36. The first-order chi connectivity index (χ1) is 20.9. The first kappa shape index (κ1) is 24.7. The van der Waals surface area contributed by atoms with E-state index in [1.165, 1.54) is 83.1 Å². The molecule has 1 aromatic heterocycles. The maximum absolute atomic E-state index is 2.56. The van der Waals surface area contributed by atoms with Gasteiger partial charge in [-0.25, -0.2) is 0 Å². The zero-order valence-electron chi connectivity index (χ0n) is 25.1. The van der Waals surface area contributed by atoms with Crippen molar-refractivity contribution >= 4 is 21.8 Å².